The molecular formula is C21H23Cl2FN6O3. The summed E-state index contributed by atoms with van der Waals surface area (Å²) in [7, 11) is 0. The summed E-state index contributed by atoms with van der Waals surface area (Å²) in [6.07, 6.45) is 2.35. The zero-order valence-corrected chi connectivity index (χ0v) is 19.7. The lowest BCUT2D eigenvalue weighted by Crippen LogP contribution is -2.44. The fourth-order valence-electron chi connectivity index (χ4n) is 3.34. The maximum Gasteiger partial charge on any atom is 0.257 e. The number of aryl methyl sites for hydroxylation is 3. The average molecular weight is 497 g/mol. The molecule has 0 unspecified atom stereocenters. The van der Waals surface area contributed by atoms with E-state index < -0.39 is 28.6 Å². The van der Waals surface area contributed by atoms with Crippen LogP contribution in [0.25, 0.3) is 11.1 Å². The molecule has 0 bridgehead atoms. The van der Waals surface area contributed by atoms with Crippen molar-refractivity contribution in [2.24, 2.45) is 0 Å². The Labute approximate surface area is 199 Å². The standard InChI is InChI=1S/C21H23Cl2FN6O3/c1-10-14(9-33-30-10)20(31)25-15(5-4-6-16(22)23)21(32)27-17-8-7-13(19(24)26-17)18-11(2)28-29-12(18)3/h7-9,15-16H,4-6H2,1-3H3,(H,25,31)(H,28,29)(H,26,27,32)/t15-/m0/s1. The molecule has 0 fully saturated rings. The van der Waals surface area contributed by atoms with Crippen molar-refractivity contribution in [3.05, 3.63) is 47.0 Å². The van der Waals surface area contributed by atoms with E-state index in [1.165, 1.54) is 18.4 Å². The minimum absolute atomic E-state index is 0.00743. The Morgan fingerprint density at radius 2 is 1.94 bits per heavy atom. The van der Waals surface area contributed by atoms with Crippen LogP contribution < -0.4 is 10.6 Å². The molecule has 0 saturated heterocycles. The highest BCUT2D eigenvalue weighted by Crippen LogP contribution is 2.28. The summed E-state index contributed by atoms with van der Waals surface area (Å²) in [4.78, 5) is 28.7. The second-order valence-corrected chi connectivity index (χ2v) is 8.77. The number of halogens is 3. The minimum Gasteiger partial charge on any atom is -0.364 e. The summed E-state index contributed by atoms with van der Waals surface area (Å²) in [6, 6.07) is 2.06. The van der Waals surface area contributed by atoms with E-state index >= 15 is 0 Å². The zero-order valence-electron chi connectivity index (χ0n) is 18.2. The fraction of sp³-hybridized carbons (Fsp3) is 0.381. The van der Waals surface area contributed by atoms with Crippen LogP contribution in [0, 0.1) is 26.7 Å². The highest BCUT2D eigenvalue weighted by Gasteiger charge is 2.24. The number of rotatable bonds is 9. The molecule has 9 nitrogen and oxygen atoms in total. The van der Waals surface area contributed by atoms with Crippen molar-refractivity contribution in [1.29, 1.82) is 0 Å². The number of aromatic amines is 1. The minimum atomic E-state index is -0.943. The largest absolute Gasteiger partial charge is 0.364 e. The number of pyridine rings is 1. The van der Waals surface area contributed by atoms with Crippen molar-refractivity contribution < 1.29 is 18.5 Å². The Bertz CT molecular complexity index is 1130. The maximum atomic E-state index is 14.7. The molecule has 0 aliphatic carbocycles. The first-order chi connectivity index (χ1) is 15.7. The van der Waals surface area contributed by atoms with Crippen LogP contribution in [0.5, 0.6) is 0 Å². The van der Waals surface area contributed by atoms with Crippen LogP contribution in [-0.4, -0.2) is 43.0 Å². The van der Waals surface area contributed by atoms with E-state index in [0.29, 0.717) is 35.5 Å². The van der Waals surface area contributed by atoms with Gasteiger partial charge < -0.3 is 15.2 Å². The number of alkyl halides is 2. The van der Waals surface area contributed by atoms with Gasteiger partial charge in [0, 0.05) is 16.8 Å². The number of nitrogens with one attached hydrogen (secondary N) is 3. The van der Waals surface area contributed by atoms with Crippen LogP contribution in [0.15, 0.2) is 22.9 Å². The monoisotopic (exact) mass is 496 g/mol. The zero-order chi connectivity index (χ0) is 24.1. The third kappa shape index (κ3) is 6.08. The van der Waals surface area contributed by atoms with Gasteiger partial charge in [0.05, 0.1) is 11.4 Å². The van der Waals surface area contributed by atoms with Gasteiger partial charge in [-0.05, 0) is 52.2 Å². The van der Waals surface area contributed by atoms with Gasteiger partial charge in [-0.2, -0.15) is 9.49 Å². The van der Waals surface area contributed by atoms with Crippen molar-refractivity contribution in [2.75, 3.05) is 5.32 Å². The van der Waals surface area contributed by atoms with Crippen molar-refractivity contribution in [2.45, 2.75) is 50.9 Å². The Kier molecular flexibility index (Phi) is 8.04. The summed E-state index contributed by atoms with van der Waals surface area (Å²) in [5.74, 6) is -1.84. The lowest BCUT2D eigenvalue weighted by molar-refractivity contribution is -0.118. The van der Waals surface area contributed by atoms with Crippen LogP contribution in [0.4, 0.5) is 10.2 Å². The van der Waals surface area contributed by atoms with E-state index in [1.54, 1.807) is 20.8 Å². The predicted molar refractivity (Wildman–Crippen MR) is 122 cm³/mol. The van der Waals surface area contributed by atoms with Gasteiger partial charge in [0.15, 0.2) is 0 Å². The van der Waals surface area contributed by atoms with Crippen molar-refractivity contribution >= 4 is 40.8 Å². The molecule has 33 heavy (non-hydrogen) atoms. The van der Waals surface area contributed by atoms with E-state index in [-0.39, 0.29) is 23.4 Å². The van der Waals surface area contributed by atoms with Crippen LogP contribution >= 0.6 is 23.2 Å². The van der Waals surface area contributed by atoms with E-state index in [2.05, 4.69) is 31.0 Å². The maximum absolute atomic E-state index is 14.7. The third-order valence-electron chi connectivity index (χ3n) is 5.03. The first kappa shape index (κ1) is 24.7. The topological polar surface area (TPSA) is 126 Å². The molecule has 176 valence electrons. The molecule has 0 spiro atoms. The van der Waals surface area contributed by atoms with Crippen molar-refractivity contribution in [1.82, 2.24) is 25.7 Å². The second-order valence-electron chi connectivity index (χ2n) is 7.49. The van der Waals surface area contributed by atoms with Gasteiger partial charge in [0.2, 0.25) is 11.9 Å². The smallest absolute Gasteiger partial charge is 0.257 e. The molecule has 3 aromatic heterocycles. The molecule has 3 N–H and O–H groups in total. The van der Waals surface area contributed by atoms with Crippen molar-refractivity contribution in [3.8, 4) is 11.1 Å². The van der Waals surface area contributed by atoms with Gasteiger partial charge in [0.1, 0.15) is 28.5 Å². The number of H-pyrrole nitrogens is 1. The summed E-state index contributed by atoms with van der Waals surface area (Å²) >= 11 is 11.5. The van der Waals surface area contributed by atoms with Crippen molar-refractivity contribution in [3.63, 3.8) is 0 Å². The van der Waals surface area contributed by atoms with Gasteiger partial charge in [-0.15, -0.1) is 23.2 Å². The third-order valence-corrected chi connectivity index (χ3v) is 5.47. The second kappa shape index (κ2) is 10.8. The molecule has 12 heteroatoms. The molecule has 0 aromatic carbocycles. The average Bonchev–Trinajstić information content (AvgIpc) is 3.32. The van der Waals surface area contributed by atoms with Gasteiger partial charge >= 0.3 is 0 Å². The molecule has 0 aliphatic rings. The van der Waals surface area contributed by atoms with Gasteiger partial charge in [-0.1, -0.05) is 5.16 Å². The van der Waals surface area contributed by atoms with Crippen LogP contribution in [0.3, 0.4) is 0 Å². The Morgan fingerprint density at radius 1 is 1.18 bits per heavy atom. The van der Waals surface area contributed by atoms with Crippen LogP contribution in [0.1, 0.15) is 46.7 Å². The number of hydrogen-bond acceptors (Lipinski definition) is 6. The van der Waals surface area contributed by atoms with Crippen LogP contribution in [-0.2, 0) is 4.79 Å². The fourth-order valence-corrected chi connectivity index (χ4v) is 3.65. The quantitative estimate of drug-likeness (QED) is 0.300. The number of aromatic nitrogens is 4. The Morgan fingerprint density at radius 3 is 2.52 bits per heavy atom. The lowest BCUT2D eigenvalue weighted by Gasteiger charge is -2.18. The highest BCUT2D eigenvalue weighted by molar-refractivity contribution is 6.44. The predicted octanol–water partition coefficient (Wildman–Crippen LogP) is 4.24. The lowest BCUT2D eigenvalue weighted by atomic mass is 10.1. The molecule has 1 atom stereocenters. The number of carbonyl (C=O) groups is 2. The van der Waals surface area contributed by atoms with Gasteiger partial charge in [0.25, 0.3) is 5.91 Å². The summed E-state index contributed by atoms with van der Waals surface area (Å²) in [5.41, 5.74) is 2.81. The van der Waals surface area contributed by atoms with Gasteiger partial charge in [-0.3, -0.25) is 14.7 Å². The number of amides is 2. The molecule has 3 aromatic rings. The van der Waals surface area contributed by atoms with E-state index in [9.17, 15) is 14.0 Å². The normalized spacial score (nSPS) is 12.1. The molecule has 3 rings (SSSR count). The summed E-state index contributed by atoms with van der Waals surface area (Å²) < 4.78 is 19.5. The van der Waals surface area contributed by atoms with E-state index in [1.807, 2.05) is 0 Å². The summed E-state index contributed by atoms with van der Waals surface area (Å²) in [5, 5.41) is 15.7. The molecule has 0 radical (unpaired) electrons. The van der Waals surface area contributed by atoms with E-state index in [4.69, 9.17) is 27.7 Å². The van der Waals surface area contributed by atoms with Gasteiger partial charge in [-0.25, -0.2) is 4.98 Å². The Hall–Kier alpha value is -2.98. The number of nitrogens with zero attached hydrogens (tertiary/aromatic N) is 3. The molecular weight excluding hydrogens is 474 g/mol. The molecule has 0 saturated carbocycles. The Balaban J connectivity index is 1.75. The van der Waals surface area contributed by atoms with Crippen LogP contribution in [0.2, 0.25) is 0 Å². The molecule has 3 heterocycles. The van der Waals surface area contributed by atoms with E-state index in [0.717, 1.165) is 0 Å². The SMILES string of the molecule is Cc1nocc1C(=O)N[C@@H](CCCC(Cl)Cl)C(=O)Nc1ccc(-c2c(C)n[nH]c2C)c(F)n1. The first-order valence-corrected chi connectivity index (χ1v) is 11.0. The molecule has 0 aliphatic heterocycles. The number of hydrogen-bond donors (Lipinski definition) is 3. The number of anilines is 1. The number of carbonyl (C=O) groups excluding carboxylic acids is 2. The highest BCUT2D eigenvalue weighted by atomic mass is 35.5. The molecule has 2 amide bonds. The summed E-state index contributed by atoms with van der Waals surface area (Å²) in [6.45, 7) is 5.14. The first-order valence-electron chi connectivity index (χ1n) is 10.2.